The highest BCUT2D eigenvalue weighted by molar-refractivity contribution is 5.95. The van der Waals surface area contributed by atoms with Crippen molar-refractivity contribution in [2.45, 2.75) is 39.2 Å². The third kappa shape index (κ3) is 4.33. The molecule has 2 aliphatic heterocycles. The van der Waals surface area contributed by atoms with Crippen molar-refractivity contribution in [3.05, 3.63) is 29.1 Å². The number of hydrogen-bond acceptors (Lipinski definition) is 4. The second kappa shape index (κ2) is 6.97. The van der Waals surface area contributed by atoms with E-state index in [9.17, 15) is 14.0 Å². The Kier molecular flexibility index (Phi) is 4.89. The van der Waals surface area contributed by atoms with E-state index in [1.807, 2.05) is 26.8 Å². The molecule has 1 fully saturated rings. The van der Waals surface area contributed by atoms with Crippen molar-refractivity contribution in [3.63, 3.8) is 0 Å². The molecule has 1 saturated heterocycles. The van der Waals surface area contributed by atoms with Crippen LogP contribution >= 0.6 is 0 Å². The van der Waals surface area contributed by atoms with Gasteiger partial charge in [0, 0.05) is 13.1 Å². The number of piperidine rings is 1. The van der Waals surface area contributed by atoms with Crippen LogP contribution in [0.25, 0.3) is 6.08 Å². The summed E-state index contributed by atoms with van der Waals surface area (Å²) in [6.07, 6.45) is 3.14. The molecule has 0 spiro atoms. The Balaban J connectivity index is 1.77. The molecule has 2 heterocycles. The number of carbonyl (C=O) groups excluding carboxylic acids is 2. The molecule has 3 rings (SSSR count). The molecule has 0 unspecified atom stereocenters. The fourth-order valence-corrected chi connectivity index (χ4v) is 3.00. The Morgan fingerprint density at radius 1 is 1.38 bits per heavy atom. The van der Waals surface area contributed by atoms with Gasteiger partial charge in [0.1, 0.15) is 5.60 Å². The van der Waals surface area contributed by atoms with Crippen LogP contribution in [0.15, 0.2) is 17.7 Å². The summed E-state index contributed by atoms with van der Waals surface area (Å²) in [5, 5.41) is 2.61. The summed E-state index contributed by atoms with van der Waals surface area (Å²) in [4.78, 5) is 25.3. The molecule has 1 aromatic carbocycles. The molecule has 0 bridgehead atoms. The number of likely N-dealkylation sites (tertiary alicyclic amines) is 1. The standard InChI is InChI=1S/C19H23FN2O4/c1-19(2,3)26-18(24)22-6-4-5-12(10-22)7-13-8-14(20)17-15(9-13)21-16(23)11-25-17/h7-9H,4-6,10-11H2,1-3H3,(H,21,23)/b12-7+. The molecule has 0 radical (unpaired) electrons. The topological polar surface area (TPSA) is 67.9 Å². The minimum Gasteiger partial charge on any atom is -0.478 e. The van der Waals surface area contributed by atoms with E-state index in [-0.39, 0.29) is 24.4 Å². The van der Waals surface area contributed by atoms with Crippen LogP contribution in [-0.2, 0) is 9.53 Å². The summed E-state index contributed by atoms with van der Waals surface area (Å²) in [6, 6.07) is 3.05. The van der Waals surface area contributed by atoms with Crippen molar-refractivity contribution in [2.24, 2.45) is 0 Å². The first kappa shape index (κ1) is 18.2. The van der Waals surface area contributed by atoms with E-state index >= 15 is 0 Å². The Labute approximate surface area is 151 Å². The zero-order chi connectivity index (χ0) is 18.9. The lowest BCUT2D eigenvalue weighted by molar-refractivity contribution is -0.118. The van der Waals surface area contributed by atoms with E-state index in [0.29, 0.717) is 24.3 Å². The van der Waals surface area contributed by atoms with Crippen molar-refractivity contribution in [1.82, 2.24) is 4.90 Å². The van der Waals surface area contributed by atoms with E-state index in [0.717, 1.165) is 18.4 Å². The number of nitrogens with one attached hydrogen (secondary N) is 1. The fraction of sp³-hybridized carbons (Fsp3) is 0.474. The van der Waals surface area contributed by atoms with Gasteiger partial charge in [-0.05, 0) is 51.3 Å². The summed E-state index contributed by atoms with van der Waals surface area (Å²) < 4.78 is 24.8. The first-order chi connectivity index (χ1) is 12.2. The largest absolute Gasteiger partial charge is 0.478 e. The second-order valence-electron chi connectivity index (χ2n) is 7.52. The van der Waals surface area contributed by atoms with E-state index in [1.165, 1.54) is 6.07 Å². The van der Waals surface area contributed by atoms with Gasteiger partial charge in [0.15, 0.2) is 18.2 Å². The van der Waals surface area contributed by atoms with E-state index in [2.05, 4.69) is 5.32 Å². The quantitative estimate of drug-likeness (QED) is 0.829. The van der Waals surface area contributed by atoms with Gasteiger partial charge >= 0.3 is 6.09 Å². The minimum absolute atomic E-state index is 0.0609. The number of carbonyl (C=O) groups is 2. The van der Waals surface area contributed by atoms with Crippen LogP contribution in [0, 0.1) is 5.82 Å². The summed E-state index contributed by atoms with van der Waals surface area (Å²) in [5.74, 6) is -0.768. The van der Waals surface area contributed by atoms with Gasteiger partial charge in [0.05, 0.1) is 5.69 Å². The lowest BCUT2D eigenvalue weighted by Gasteiger charge is -2.31. The normalized spacial score (nSPS) is 18.8. The molecular weight excluding hydrogens is 339 g/mol. The third-order valence-corrected chi connectivity index (χ3v) is 4.03. The number of hydrogen-bond donors (Lipinski definition) is 1. The third-order valence-electron chi connectivity index (χ3n) is 4.03. The van der Waals surface area contributed by atoms with Gasteiger partial charge in [-0.3, -0.25) is 4.79 Å². The average Bonchev–Trinajstić information content (AvgIpc) is 2.53. The highest BCUT2D eigenvalue weighted by Gasteiger charge is 2.25. The Hall–Kier alpha value is -2.57. The molecule has 7 heteroatoms. The SMILES string of the molecule is CC(C)(C)OC(=O)N1CCC/C(=C\c2cc(F)c3c(c2)NC(=O)CO3)C1. The number of halogens is 1. The van der Waals surface area contributed by atoms with Crippen LogP contribution in [-0.4, -0.2) is 42.2 Å². The van der Waals surface area contributed by atoms with Crippen LogP contribution < -0.4 is 10.1 Å². The number of rotatable bonds is 1. The summed E-state index contributed by atoms with van der Waals surface area (Å²) in [5.41, 5.74) is 1.41. The van der Waals surface area contributed by atoms with Gasteiger partial charge in [-0.2, -0.15) is 0 Å². The number of ether oxygens (including phenoxy) is 2. The molecular formula is C19H23FN2O4. The predicted octanol–water partition coefficient (Wildman–Crippen LogP) is 3.57. The lowest BCUT2D eigenvalue weighted by atomic mass is 10.0. The van der Waals surface area contributed by atoms with Crippen LogP contribution in [0.5, 0.6) is 5.75 Å². The average molecular weight is 362 g/mol. The first-order valence-electron chi connectivity index (χ1n) is 8.65. The predicted molar refractivity (Wildman–Crippen MR) is 95.5 cm³/mol. The number of benzene rings is 1. The Morgan fingerprint density at radius 2 is 2.15 bits per heavy atom. The Bertz CT molecular complexity index is 768. The van der Waals surface area contributed by atoms with Crippen molar-refractivity contribution in [1.29, 1.82) is 0 Å². The Morgan fingerprint density at radius 3 is 2.88 bits per heavy atom. The molecule has 0 atom stereocenters. The molecule has 6 nitrogen and oxygen atoms in total. The van der Waals surface area contributed by atoms with Gasteiger partial charge in [-0.25, -0.2) is 9.18 Å². The molecule has 1 N–H and O–H groups in total. The maximum Gasteiger partial charge on any atom is 0.410 e. The number of fused-ring (bicyclic) bond motifs is 1. The number of anilines is 1. The molecule has 26 heavy (non-hydrogen) atoms. The molecule has 2 amide bonds. The maximum absolute atomic E-state index is 14.2. The molecule has 0 saturated carbocycles. The summed E-state index contributed by atoms with van der Waals surface area (Å²) >= 11 is 0. The van der Waals surface area contributed by atoms with Gasteiger partial charge in [-0.1, -0.05) is 11.6 Å². The van der Waals surface area contributed by atoms with Crippen molar-refractivity contribution >= 4 is 23.8 Å². The zero-order valence-electron chi connectivity index (χ0n) is 15.2. The van der Waals surface area contributed by atoms with E-state index in [4.69, 9.17) is 9.47 Å². The van der Waals surface area contributed by atoms with Gasteiger partial charge in [0.2, 0.25) is 0 Å². The van der Waals surface area contributed by atoms with Crippen molar-refractivity contribution < 1.29 is 23.5 Å². The van der Waals surface area contributed by atoms with Crippen LogP contribution in [0.1, 0.15) is 39.2 Å². The second-order valence-corrected chi connectivity index (χ2v) is 7.52. The van der Waals surface area contributed by atoms with Gasteiger partial charge in [-0.15, -0.1) is 0 Å². The van der Waals surface area contributed by atoms with Gasteiger partial charge in [0.25, 0.3) is 5.91 Å². The molecule has 0 aromatic heterocycles. The maximum atomic E-state index is 14.2. The smallest absolute Gasteiger partial charge is 0.410 e. The zero-order valence-corrected chi connectivity index (χ0v) is 15.2. The molecule has 140 valence electrons. The number of nitrogens with zero attached hydrogens (tertiary/aromatic N) is 1. The van der Waals surface area contributed by atoms with Gasteiger partial charge < -0.3 is 19.7 Å². The van der Waals surface area contributed by atoms with E-state index < -0.39 is 11.4 Å². The highest BCUT2D eigenvalue weighted by Crippen LogP contribution is 2.33. The van der Waals surface area contributed by atoms with Crippen LogP contribution in [0.4, 0.5) is 14.9 Å². The monoisotopic (exact) mass is 362 g/mol. The van der Waals surface area contributed by atoms with E-state index in [1.54, 1.807) is 11.0 Å². The first-order valence-corrected chi connectivity index (χ1v) is 8.65. The van der Waals surface area contributed by atoms with Crippen molar-refractivity contribution in [2.75, 3.05) is 25.0 Å². The summed E-state index contributed by atoms with van der Waals surface area (Å²) in [6.45, 7) is 6.38. The molecule has 0 aliphatic carbocycles. The van der Waals surface area contributed by atoms with Crippen LogP contribution in [0.2, 0.25) is 0 Å². The van der Waals surface area contributed by atoms with Crippen molar-refractivity contribution in [3.8, 4) is 5.75 Å². The molecule has 2 aliphatic rings. The summed E-state index contributed by atoms with van der Waals surface area (Å²) in [7, 11) is 0. The number of amides is 2. The minimum atomic E-state index is -0.543. The lowest BCUT2D eigenvalue weighted by Crippen LogP contribution is -2.40. The molecule has 1 aromatic rings. The highest BCUT2D eigenvalue weighted by atomic mass is 19.1. The fourth-order valence-electron chi connectivity index (χ4n) is 3.00. The van der Waals surface area contributed by atoms with Crippen LogP contribution in [0.3, 0.4) is 0 Å².